The van der Waals surface area contributed by atoms with Gasteiger partial charge in [-0.2, -0.15) is 5.06 Å². The molecule has 0 aromatic rings. The Labute approximate surface area is 110 Å². The molecule has 0 aliphatic heterocycles. The van der Waals surface area contributed by atoms with Crippen LogP contribution < -0.4 is 5.32 Å². The highest BCUT2D eigenvalue weighted by Crippen LogP contribution is 2.49. The lowest BCUT2D eigenvalue weighted by molar-refractivity contribution is -0.123. The van der Waals surface area contributed by atoms with Crippen molar-refractivity contribution in [2.45, 2.75) is 38.5 Å². The van der Waals surface area contributed by atoms with Gasteiger partial charge in [0.25, 0.3) is 0 Å². The molecule has 0 heterocycles. The molecule has 2 rings (SSSR count). The molecule has 0 aromatic heterocycles. The Kier molecular flexibility index (Phi) is 5.01. The summed E-state index contributed by atoms with van der Waals surface area (Å²) in [7, 11) is 3.56. The number of carbonyl (C=O) groups excluding carboxylic acids is 1. The van der Waals surface area contributed by atoms with E-state index in [9.17, 15) is 4.79 Å². The Balaban J connectivity index is 1.55. The molecular weight excluding hydrogens is 228 g/mol. The molecule has 0 spiro atoms. The largest absolute Gasteiger partial charge is 0.356 e. The quantitative estimate of drug-likeness (QED) is 0.556. The highest BCUT2D eigenvalue weighted by Gasteiger charge is 2.39. The molecule has 3 unspecified atom stereocenters. The number of hydrogen-bond acceptors (Lipinski definition) is 3. The smallest absolute Gasteiger partial charge is 0.220 e. The monoisotopic (exact) mass is 254 g/mol. The molecule has 18 heavy (non-hydrogen) atoms. The highest BCUT2D eigenvalue weighted by molar-refractivity contribution is 5.76. The summed E-state index contributed by atoms with van der Waals surface area (Å²) >= 11 is 0. The van der Waals surface area contributed by atoms with Crippen molar-refractivity contribution in [3.63, 3.8) is 0 Å². The minimum Gasteiger partial charge on any atom is -0.356 e. The number of nitrogens with zero attached hydrogens (tertiary/aromatic N) is 1. The van der Waals surface area contributed by atoms with Gasteiger partial charge in [-0.1, -0.05) is 6.42 Å². The molecule has 0 saturated heterocycles. The lowest BCUT2D eigenvalue weighted by atomic mass is 9.86. The van der Waals surface area contributed by atoms with E-state index in [0.29, 0.717) is 5.92 Å². The van der Waals surface area contributed by atoms with E-state index in [0.717, 1.165) is 37.8 Å². The molecule has 3 atom stereocenters. The van der Waals surface area contributed by atoms with E-state index in [-0.39, 0.29) is 5.91 Å². The minimum absolute atomic E-state index is 0.243. The van der Waals surface area contributed by atoms with Gasteiger partial charge in [-0.05, 0) is 43.4 Å². The van der Waals surface area contributed by atoms with Gasteiger partial charge in [0.15, 0.2) is 0 Å². The van der Waals surface area contributed by atoms with Gasteiger partial charge < -0.3 is 10.2 Å². The van der Waals surface area contributed by atoms with Crippen LogP contribution in [0.4, 0.5) is 0 Å². The Bertz CT molecular complexity index is 283. The van der Waals surface area contributed by atoms with Crippen molar-refractivity contribution >= 4 is 5.91 Å². The molecule has 1 N–H and O–H groups in total. The molecule has 1 amide bonds. The summed E-state index contributed by atoms with van der Waals surface area (Å²) in [5.74, 6) is 2.70. The van der Waals surface area contributed by atoms with Crippen LogP contribution >= 0.6 is 0 Å². The van der Waals surface area contributed by atoms with E-state index in [1.807, 2.05) is 7.05 Å². The zero-order chi connectivity index (χ0) is 13.0. The molecule has 104 valence electrons. The van der Waals surface area contributed by atoms with Gasteiger partial charge in [0.1, 0.15) is 0 Å². The van der Waals surface area contributed by atoms with Gasteiger partial charge in [0.05, 0.1) is 7.11 Å². The fraction of sp³-hybridized carbons (Fsp3) is 0.929. The molecule has 4 nitrogen and oxygen atoms in total. The predicted octanol–water partition coefficient (Wildman–Crippen LogP) is 1.81. The Morgan fingerprint density at radius 1 is 1.39 bits per heavy atom. The Morgan fingerprint density at radius 3 is 2.83 bits per heavy atom. The molecule has 4 heteroatoms. The summed E-state index contributed by atoms with van der Waals surface area (Å²) in [6.45, 7) is 1.61. The highest BCUT2D eigenvalue weighted by atomic mass is 16.7. The second-order valence-electron chi connectivity index (χ2n) is 5.88. The normalized spacial score (nSPS) is 30.1. The number of hydrogen-bond donors (Lipinski definition) is 1. The first kappa shape index (κ1) is 13.8. The maximum atomic E-state index is 11.8. The lowest BCUT2D eigenvalue weighted by Gasteiger charge is -2.21. The Hall–Kier alpha value is -0.610. The van der Waals surface area contributed by atoms with Crippen LogP contribution in [0.15, 0.2) is 0 Å². The first-order valence-electron chi connectivity index (χ1n) is 7.21. The van der Waals surface area contributed by atoms with Gasteiger partial charge in [-0.15, -0.1) is 0 Å². The summed E-state index contributed by atoms with van der Waals surface area (Å²) in [5.41, 5.74) is 0. The van der Waals surface area contributed by atoms with E-state index in [1.54, 1.807) is 12.2 Å². The lowest BCUT2D eigenvalue weighted by Crippen LogP contribution is -2.30. The number of hydroxylamine groups is 2. The topological polar surface area (TPSA) is 41.6 Å². The second kappa shape index (κ2) is 6.53. The summed E-state index contributed by atoms with van der Waals surface area (Å²) < 4.78 is 0. The molecule has 0 aromatic carbocycles. The van der Waals surface area contributed by atoms with Gasteiger partial charge in [-0.25, -0.2) is 0 Å². The van der Waals surface area contributed by atoms with Crippen molar-refractivity contribution in [1.82, 2.24) is 10.4 Å². The minimum atomic E-state index is 0.243. The molecule has 2 saturated carbocycles. The summed E-state index contributed by atoms with van der Waals surface area (Å²) in [6.07, 6.45) is 7.14. The number of amides is 1. The maximum absolute atomic E-state index is 11.8. The van der Waals surface area contributed by atoms with Crippen molar-refractivity contribution < 1.29 is 9.63 Å². The molecule has 2 fully saturated rings. The average Bonchev–Trinajstić information content (AvgIpc) is 2.96. The van der Waals surface area contributed by atoms with Crippen molar-refractivity contribution in [3.05, 3.63) is 0 Å². The third-order valence-electron chi connectivity index (χ3n) is 4.62. The van der Waals surface area contributed by atoms with Crippen LogP contribution in [-0.4, -0.2) is 38.2 Å². The van der Waals surface area contributed by atoms with Gasteiger partial charge in [-0.3, -0.25) is 4.79 Å². The number of rotatable bonds is 7. The van der Waals surface area contributed by atoms with Crippen LogP contribution in [0.3, 0.4) is 0 Å². The molecular formula is C14H26N2O2. The van der Waals surface area contributed by atoms with Crippen molar-refractivity contribution in [3.8, 4) is 0 Å². The van der Waals surface area contributed by atoms with Gasteiger partial charge in [0.2, 0.25) is 5.91 Å². The van der Waals surface area contributed by atoms with Gasteiger partial charge in [0, 0.05) is 26.6 Å². The van der Waals surface area contributed by atoms with Crippen LogP contribution in [0.5, 0.6) is 0 Å². The molecule has 2 bridgehead atoms. The van der Waals surface area contributed by atoms with Crippen LogP contribution in [0, 0.1) is 17.8 Å². The number of carbonyl (C=O) groups is 1. The summed E-state index contributed by atoms with van der Waals surface area (Å²) in [5, 5.41) is 4.81. The standard InChI is InChI=1S/C14H26N2O2/c1-16(18-2)7-3-6-15-14(17)10-13-9-11-4-5-12(13)8-11/h11-13H,3-10H2,1-2H3,(H,15,17). The van der Waals surface area contributed by atoms with Crippen molar-refractivity contribution in [2.24, 2.45) is 17.8 Å². The predicted molar refractivity (Wildman–Crippen MR) is 70.8 cm³/mol. The maximum Gasteiger partial charge on any atom is 0.220 e. The van der Waals surface area contributed by atoms with E-state index in [1.165, 1.54) is 25.7 Å². The van der Waals surface area contributed by atoms with Crippen molar-refractivity contribution in [2.75, 3.05) is 27.2 Å². The first-order chi connectivity index (χ1) is 8.69. The summed E-state index contributed by atoms with van der Waals surface area (Å²) in [4.78, 5) is 16.9. The second-order valence-corrected chi connectivity index (χ2v) is 5.88. The average molecular weight is 254 g/mol. The van der Waals surface area contributed by atoms with E-state index >= 15 is 0 Å². The number of fused-ring (bicyclic) bond motifs is 2. The zero-order valence-corrected chi connectivity index (χ0v) is 11.7. The summed E-state index contributed by atoms with van der Waals surface area (Å²) in [6, 6.07) is 0. The zero-order valence-electron chi connectivity index (χ0n) is 11.7. The van der Waals surface area contributed by atoms with Crippen LogP contribution in [0.1, 0.15) is 38.5 Å². The fourth-order valence-electron chi connectivity index (χ4n) is 3.56. The van der Waals surface area contributed by atoms with Crippen LogP contribution in [0.2, 0.25) is 0 Å². The first-order valence-corrected chi connectivity index (χ1v) is 7.21. The molecule has 2 aliphatic carbocycles. The van der Waals surface area contributed by atoms with E-state index < -0.39 is 0 Å². The Morgan fingerprint density at radius 2 is 2.22 bits per heavy atom. The van der Waals surface area contributed by atoms with Gasteiger partial charge >= 0.3 is 0 Å². The third kappa shape index (κ3) is 3.69. The van der Waals surface area contributed by atoms with Crippen molar-refractivity contribution in [1.29, 1.82) is 0 Å². The van der Waals surface area contributed by atoms with E-state index in [2.05, 4.69) is 5.32 Å². The molecule has 2 aliphatic rings. The van der Waals surface area contributed by atoms with E-state index in [4.69, 9.17) is 4.84 Å². The number of nitrogens with one attached hydrogen (secondary N) is 1. The SMILES string of the molecule is CON(C)CCCNC(=O)CC1CC2CCC1C2. The van der Waals surface area contributed by atoms with Crippen LogP contribution in [-0.2, 0) is 9.63 Å². The fourth-order valence-corrected chi connectivity index (χ4v) is 3.56. The third-order valence-corrected chi connectivity index (χ3v) is 4.62. The van der Waals surface area contributed by atoms with Crippen LogP contribution in [0.25, 0.3) is 0 Å². The molecule has 0 radical (unpaired) electrons.